The largest absolute Gasteiger partial charge is 0.390 e. The lowest BCUT2D eigenvalue weighted by Crippen LogP contribution is -2.45. The van der Waals surface area contributed by atoms with Crippen LogP contribution in [-0.2, 0) is 20.1 Å². The summed E-state index contributed by atoms with van der Waals surface area (Å²) < 4.78 is 4.79. The number of aryl methyl sites for hydroxylation is 1. The lowest BCUT2D eigenvalue weighted by Gasteiger charge is -2.40. The number of hydrogen-bond acceptors (Lipinski definition) is 4. The zero-order valence-corrected chi connectivity index (χ0v) is 15.9. The molecule has 0 radical (unpaired) electrons. The maximum Gasteiger partial charge on any atom is 0.332 e. The van der Waals surface area contributed by atoms with E-state index in [1.54, 1.807) is 13.4 Å². The van der Waals surface area contributed by atoms with Crippen LogP contribution in [0.4, 0.5) is 0 Å². The highest BCUT2D eigenvalue weighted by Gasteiger charge is 2.37. The van der Waals surface area contributed by atoms with Gasteiger partial charge in [-0.2, -0.15) is 0 Å². The van der Waals surface area contributed by atoms with Gasteiger partial charge in [-0.05, 0) is 56.8 Å². The van der Waals surface area contributed by atoms with Crippen molar-refractivity contribution in [1.29, 1.82) is 0 Å². The fourth-order valence-corrected chi connectivity index (χ4v) is 4.11. The third-order valence-electron chi connectivity index (χ3n) is 6.33. The van der Waals surface area contributed by atoms with Gasteiger partial charge in [-0.15, -0.1) is 0 Å². The summed E-state index contributed by atoms with van der Waals surface area (Å²) in [5.74, 6) is 0.621. The molecular formula is C19H28N4O3. The van der Waals surface area contributed by atoms with E-state index < -0.39 is 5.60 Å². The molecule has 0 spiro atoms. The lowest BCUT2D eigenvalue weighted by molar-refractivity contribution is -0.0196. The van der Waals surface area contributed by atoms with Gasteiger partial charge in [-0.3, -0.25) is 13.9 Å². The molecule has 4 rings (SSSR count). The smallest absolute Gasteiger partial charge is 0.332 e. The zero-order valence-electron chi connectivity index (χ0n) is 15.9. The molecule has 0 unspecified atom stereocenters. The third kappa shape index (κ3) is 3.02. The van der Waals surface area contributed by atoms with Crippen molar-refractivity contribution in [2.75, 3.05) is 0 Å². The van der Waals surface area contributed by atoms with Gasteiger partial charge in [0.25, 0.3) is 5.56 Å². The number of nitrogens with zero attached hydrogens (tertiary/aromatic N) is 4. The van der Waals surface area contributed by atoms with Crippen LogP contribution in [0.1, 0.15) is 52.4 Å². The first kappa shape index (κ1) is 17.5. The van der Waals surface area contributed by atoms with Gasteiger partial charge in [-0.25, -0.2) is 9.78 Å². The van der Waals surface area contributed by atoms with Crippen LogP contribution in [-0.4, -0.2) is 29.4 Å². The van der Waals surface area contributed by atoms with Gasteiger partial charge in [0.2, 0.25) is 0 Å². The molecule has 0 saturated heterocycles. The second-order valence-electron chi connectivity index (χ2n) is 9.05. The Kier molecular flexibility index (Phi) is 3.91. The third-order valence-corrected chi connectivity index (χ3v) is 6.33. The molecule has 0 atom stereocenters. The maximum absolute atomic E-state index is 13.2. The van der Waals surface area contributed by atoms with Crippen LogP contribution in [0.5, 0.6) is 0 Å². The van der Waals surface area contributed by atoms with E-state index in [4.69, 9.17) is 0 Å². The summed E-state index contributed by atoms with van der Waals surface area (Å²) in [6.45, 7) is 5.16. The minimum Gasteiger partial charge on any atom is -0.390 e. The van der Waals surface area contributed by atoms with E-state index >= 15 is 0 Å². The van der Waals surface area contributed by atoms with E-state index in [0.29, 0.717) is 36.5 Å². The van der Waals surface area contributed by atoms with Crippen LogP contribution in [0, 0.1) is 11.3 Å². The van der Waals surface area contributed by atoms with Crippen molar-refractivity contribution in [2.24, 2.45) is 18.4 Å². The predicted octanol–water partition coefficient (Wildman–Crippen LogP) is 1.64. The number of rotatable bonds is 4. The van der Waals surface area contributed by atoms with E-state index in [1.165, 1.54) is 22.0 Å². The normalized spacial score (nSPS) is 29.4. The molecule has 0 aromatic carbocycles. The molecule has 2 aliphatic rings. The fraction of sp³-hybridized carbons (Fsp3) is 0.737. The van der Waals surface area contributed by atoms with E-state index in [-0.39, 0.29) is 16.7 Å². The molecule has 2 heterocycles. The molecule has 142 valence electrons. The van der Waals surface area contributed by atoms with Crippen molar-refractivity contribution in [1.82, 2.24) is 18.7 Å². The standard InChI is InChI=1S/C19H28N4O3/c1-18(6-8-19(2,26)9-7-18)11-23-16(24)14-15(21(3)17(23)25)20-12-22(14)10-13-4-5-13/h12-13,26H,4-11H2,1-3H3. The van der Waals surface area contributed by atoms with Crippen LogP contribution in [0.25, 0.3) is 11.2 Å². The average molecular weight is 360 g/mol. The minimum absolute atomic E-state index is 0.159. The lowest BCUT2D eigenvalue weighted by atomic mass is 9.70. The summed E-state index contributed by atoms with van der Waals surface area (Å²) in [6, 6.07) is 0. The Morgan fingerprint density at radius 2 is 1.85 bits per heavy atom. The quantitative estimate of drug-likeness (QED) is 0.899. The molecule has 0 aliphatic heterocycles. The van der Waals surface area contributed by atoms with E-state index in [1.807, 2.05) is 11.5 Å². The van der Waals surface area contributed by atoms with Gasteiger partial charge >= 0.3 is 5.69 Å². The summed E-state index contributed by atoms with van der Waals surface area (Å²) in [7, 11) is 1.68. The first-order valence-electron chi connectivity index (χ1n) is 9.56. The molecule has 0 bridgehead atoms. The summed E-state index contributed by atoms with van der Waals surface area (Å²) in [4.78, 5) is 30.3. The molecule has 7 nitrogen and oxygen atoms in total. The Morgan fingerprint density at radius 1 is 1.19 bits per heavy atom. The molecule has 2 aromatic rings. The Balaban J connectivity index is 1.75. The Morgan fingerprint density at radius 3 is 2.46 bits per heavy atom. The van der Waals surface area contributed by atoms with Crippen molar-refractivity contribution in [2.45, 2.75) is 71.1 Å². The Bertz CT molecular complexity index is 952. The summed E-state index contributed by atoms with van der Waals surface area (Å²) in [5.41, 5.74) is -0.341. The molecule has 2 fully saturated rings. The number of aliphatic hydroxyl groups is 1. The first-order valence-corrected chi connectivity index (χ1v) is 9.56. The number of imidazole rings is 1. The van der Waals surface area contributed by atoms with Crippen molar-refractivity contribution in [3.8, 4) is 0 Å². The second-order valence-corrected chi connectivity index (χ2v) is 9.05. The Hall–Kier alpha value is -1.89. The van der Waals surface area contributed by atoms with Gasteiger partial charge in [-0.1, -0.05) is 6.92 Å². The monoisotopic (exact) mass is 360 g/mol. The number of hydrogen-bond donors (Lipinski definition) is 1. The van der Waals surface area contributed by atoms with E-state index in [2.05, 4.69) is 11.9 Å². The minimum atomic E-state index is -0.637. The average Bonchev–Trinajstić information content (AvgIpc) is 3.30. The highest BCUT2D eigenvalue weighted by Crippen LogP contribution is 2.41. The molecule has 2 aromatic heterocycles. The molecule has 0 amide bonds. The first-order chi connectivity index (χ1) is 12.2. The van der Waals surface area contributed by atoms with E-state index in [9.17, 15) is 14.7 Å². The van der Waals surface area contributed by atoms with Crippen LogP contribution in [0.2, 0.25) is 0 Å². The van der Waals surface area contributed by atoms with Crippen molar-refractivity contribution < 1.29 is 5.11 Å². The summed E-state index contributed by atoms with van der Waals surface area (Å²) in [5, 5.41) is 10.2. The summed E-state index contributed by atoms with van der Waals surface area (Å²) >= 11 is 0. The molecule has 26 heavy (non-hydrogen) atoms. The van der Waals surface area contributed by atoms with Crippen molar-refractivity contribution in [3.05, 3.63) is 27.2 Å². The van der Waals surface area contributed by atoms with Crippen molar-refractivity contribution >= 4 is 11.2 Å². The van der Waals surface area contributed by atoms with E-state index in [0.717, 1.165) is 19.4 Å². The van der Waals surface area contributed by atoms with Crippen LogP contribution >= 0.6 is 0 Å². The van der Waals surface area contributed by atoms with Gasteiger partial charge in [0, 0.05) is 20.1 Å². The zero-order chi connectivity index (χ0) is 18.7. The van der Waals surface area contributed by atoms with Gasteiger partial charge < -0.3 is 9.67 Å². The molecule has 2 aliphatic carbocycles. The fourth-order valence-electron chi connectivity index (χ4n) is 4.11. The number of fused-ring (bicyclic) bond motifs is 1. The van der Waals surface area contributed by atoms with Crippen LogP contribution in [0.3, 0.4) is 0 Å². The topological polar surface area (TPSA) is 82.0 Å². The molecule has 2 saturated carbocycles. The van der Waals surface area contributed by atoms with Crippen LogP contribution < -0.4 is 11.2 Å². The maximum atomic E-state index is 13.2. The van der Waals surface area contributed by atoms with Crippen LogP contribution in [0.15, 0.2) is 15.9 Å². The highest BCUT2D eigenvalue weighted by molar-refractivity contribution is 5.70. The van der Waals surface area contributed by atoms with Crippen molar-refractivity contribution in [3.63, 3.8) is 0 Å². The van der Waals surface area contributed by atoms with Gasteiger partial charge in [0.15, 0.2) is 11.2 Å². The molecular weight excluding hydrogens is 332 g/mol. The molecule has 1 N–H and O–H groups in total. The molecule has 7 heteroatoms. The van der Waals surface area contributed by atoms with Gasteiger partial charge in [0.05, 0.1) is 11.9 Å². The second kappa shape index (κ2) is 5.81. The SMILES string of the molecule is Cn1c(=O)n(CC2(C)CCC(C)(O)CC2)c(=O)c2c1ncn2CC1CC1. The Labute approximate surface area is 152 Å². The highest BCUT2D eigenvalue weighted by atomic mass is 16.3. The predicted molar refractivity (Wildman–Crippen MR) is 99.2 cm³/mol. The van der Waals surface area contributed by atoms with Gasteiger partial charge in [0.1, 0.15) is 0 Å². The summed E-state index contributed by atoms with van der Waals surface area (Å²) in [6.07, 6.45) is 7.06. The number of aromatic nitrogens is 4.